The first-order chi connectivity index (χ1) is 14.5. The van der Waals surface area contributed by atoms with Gasteiger partial charge in [0.1, 0.15) is 4.32 Å². The molecular weight excluding hydrogens is 420 g/mol. The fraction of sp³-hybridized carbons (Fsp3) is 0.182. The lowest BCUT2D eigenvalue weighted by molar-refractivity contribution is -0.122. The smallest absolute Gasteiger partial charge is 0.338 e. The molecule has 0 aliphatic carbocycles. The van der Waals surface area contributed by atoms with E-state index in [-0.39, 0.29) is 24.8 Å². The molecule has 1 saturated heterocycles. The minimum absolute atomic E-state index is 0.102. The lowest BCUT2D eigenvalue weighted by atomic mass is 10.2. The predicted octanol–water partition coefficient (Wildman–Crippen LogP) is 4.09. The summed E-state index contributed by atoms with van der Waals surface area (Å²) in [7, 11) is 0. The molecule has 2 aromatic carbocycles. The van der Waals surface area contributed by atoms with E-state index < -0.39 is 5.97 Å². The first-order valence-electron chi connectivity index (χ1n) is 9.35. The Morgan fingerprint density at radius 1 is 1.13 bits per heavy atom. The van der Waals surface area contributed by atoms with E-state index in [1.54, 1.807) is 37.3 Å². The second-order valence-corrected chi connectivity index (χ2v) is 8.02. The number of benzene rings is 2. The van der Waals surface area contributed by atoms with Crippen LogP contribution in [0.25, 0.3) is 6.08 Å². The normalized spacial score (nSPS) is 14.8. The van der Waals surface area contributed by atoms with Crippen molar-refractivity contribution in [3.8, 4) is 0 Å². The van der Waals surface area contributed by atoms with Crippen LogP contribution in [0.15, 0.2) is 59.5 Å². The molecule has 0 saturated carbocycles. The average Bonchev–Trinajstić information content (AvgIpc) is 3.00. The van der Waals surface area contributed by atoms with Gasteiger partial charge in [0.15, 0.2) is 0 Å². The Labute approximate surface area is 184 Å². The number of hydrogen-bond acceptors (Lipinski definition) is 6. The van der Waals surface area contributed by atoms with Gasteiger partial charge in [-0.25, -0.2) is 4.79 Å². The molecule has 2 amide bonds. The van der Waals surface area contributed by atoms with E-state index in [9.17, 15) is 14.4 Å². The zero-order chi connectivity index (χ0) is 21.5. The number of hydrogen-bond donors (Lipinski definition) is 1. The zero-order valence-corrected chi connectivity index (χ0v) is 17.9. The van der Waals surface area contributed by atoms with E-state index in [0.717, 1.165) is 5.56 Å². The monoisotopic (exact) mass is 440 g/mol. The molecule has 154 valence electrons. The van der Waals surface area contributed by atoms with Crippen molar-refractivity contribution in [1.29, 1.82) is 0 Å². The summed E-state index contributed by atoms with van der Waals surface area (Å²) in [5, 5.41) is 2.75. The van der Waals surface area contributed by atoms with Gasteiger partial charge in [-0.05, 0) is 42.8 Å². The summed E-state index contributed by atoms with van der Waals surface area (Å²) in [4.78, 5) is 38.5. The number of rotatable bonds is 7. The standard InChI is InChI=1S/C22H20N2O4S2/c1-2-28-21(27)16-8-10-17(11-9-16)23-19(25)12-13-24-20(26)18(30-22(24)29)14-15-6-4-3-5-7-15/h3-11,14H,2,12-13H2,1H3,(H,23,25)/b18-14-. The zero-order valence-electron chi connectivity index (χ0n) is 16.3. The van der Waals surface area contributed by atoms with Crippen LogP contribution in [0.5, 0.6) is 0 Å². The number of nitrogens with one attached hydrogen (secondary N) is 1. The van der Waals surface area contributed by atoms with Crippen molar-refractivity contribution in [3.63, 3.8) is 0 Å². The highest BCUT2D eigenvalue weighted by atomic mass is 32.2. The topological polar surface area (TPSA) is 75.7 Å². The fourth-order valence-electron chi connectivity index (χ4n) is 2.73. The third kappa shape index (κ3) is 5.55. The number of amides is 2. The molecule has 0 spiro atoms. The Bertz CT molecular complexity index is 988. The van der Waals surface area contributed by atoms with Crippen LogP contribution >= 0.6 is 24.0 Å². The summed E-state index contributed by atoms with van der Waals surface area (Å²) in [6, 6.07) is 16.0. The molecular formula is C22H20N2O4S2. The van der Waals surface area contributed by atoms with Crippen molar-refractivity contribution < 1.29 is 19.1 Å². The van der Waals surface area contributed by atoms with Crippen LogP contribution in [0, 0.1) is 0 Å². The van der Waals surface area contributed by atoms with Crippen molar-refractivity contribution >= 4 is 57.8 Å². The van der Waals surface area contributed by atoms with Gasteiger partial charge < -0.3 is 10.1 Å². The summed E-state index contributed by atoms with van der Waals surface area (Å²) in [6.07, 6.45) is 1.90. The van der Waals surface area contributed by atoms with Crippen LogP contribution in [0.1, 0.15) is 29.3 Å². The molecule has 2 aromatic rings. The molecule has 1 N–H and O–H groups in total. The molecule has 1 aliphatic heterocycles. The van der Waals surface area contributed by atoms with Crippen LogP contribution in [-0.4, -0.2) is 40.2 Å². The maximum Gasteiger partial charge on any atom is 0.338 e. The first kappa shape index (κ1) is 21.7. The van der Waals surface area contributed by atoms with Gasteiger partial charge in [0.2, 0.25) is 5.91 Å². The van der Waals surface area contributed by atoms with Gasteiger partial charge >= 0.3 is 5.97 Å². The molecule has 1 heterocycles. The molecule has 0 unspecified atom stereocenters. The molecule has 30 heavy (non-hydrogen) atoms. The highest BCUT2D eigenvalue weighted by molar-refractivity contribution is 8.26. The fourth-order valence-corrected chi connectivity index (χ4v) is 4.04. The molecule has 0 aromatic heterocycles. The molecule has 1 fully saturated rings. The van der Waals surface area contributed by atoms with E-state index in [1.165, 1.54) is 16.7 Å². The Balaban J connectivity index is 1.54. The second kappa shape index (κ2) is 10.2. The number of thioether (sulfide) groups is 1. The minimum Gasteiger partial charge on any atom is -0.462 e. The Morgan fingerprint density at radius 2 is 1.83 bits per heavy atom. The van der Waals surface area contributed by atoms with Crippen molar-refractivity contribution in [2.24, 2.45) is 0 Å². The first-order valence-corrected chi connectivity index (χ1v) is 10.6. The number of nitrogens with zero attached hydrogens (tertiary/aromatic N) is 1. The molecule has 0 bridgehead atoms. The van der Waals surface area contributed by atoms with Crippen LogP contribution in [-0.2, 0) is 14.3 Å². The van der Waals surface area contributed by atoms with Gasteiger partial charge in [0.25, 0.3) is 5.91 Å². The van der Waals surface area contributed by atoms with Crippen LogP contribution in [0.2, 0.25) is 0 Å². The lowest BCUT2D eigenvalue weighted by Gasteiger charge is -2.14. The van der Waals surface area contributed by atoms with Gasteiger partial charge in [-0.1, -0.05) is 54.3 Å². The van der Waals surface area contributed by atoms with Gasteiger partial charge in [-0.15, -0.1) is 0 Å². The quantitative estimate of drug-likeness (QED) is 0.397. The van der Waals surface area contributed by atoms with E-state index in [0.29, 0.717) is 27.1 Å². The number of carbonyl (C=O) groups is 3. The number of esters is 1. The van der Waals surface area contributed by atoms with E-state index >= 15 is 0 Å². The van der Waals surface area contributed by atoms with E-state index in [1.807, 2.05) is 30.3 Å². The van der Waals surface area contributed by atoms with Gasteiger partial charge in [0.05, 0.1) is 17.1 Å². The maximum absolute atomic E-state index is 12.6. The minimum atomic E-state index is -0.409. The highest BCUT2D eigenvalue weighted by Crippen LogP contribution is 2.32. The molecule has 8 heteroatoms. The summed E-state index contributed by atoms with van der Waals surface area (Å²) >= 11 is 6.54. The summed E-state index contributed by atoms with van der Waals surface area (Å²) in [5.41, 5.74) is 1.89. The number of carbonyl (C=O) groups excluding carboxylic acids is 3. The largest absolute Gasteiger partial charge is 0.462 e. The molecule has 0 atom stereocenters. The molecule has 6 nitrogen and oxygen atoms in total. The van der Waals surface area contributed by atoms with Crippen LogP contribution in [0.4, 0.5) is 5.69 Å². The predicted molar refractivity (Wildman–Crippen MR) is 122 cm³/mol. The summed E-state index contributed by atoms with van der Waals surface area (Å²) < 4.78 is 5.37. The molecule has 0 radical (unpaired) electrons. The summed E-state index contributed by atoms with van der Waals surface area (Å²) in [5.74, 6) is -0.853. The third-order valence-corrected chi connectivity index (χ3v) is 5.59. The SMILES string of the molecule is CCOC(=O)c1ccc(NC(=O)CCN2C(=O)/C(=C/c3ccccc3)SC2=S)cc1. The van der Waals surface area contributed by atoms with E-state index in [4.69, 9.17) is 17.0 Å². The molecule has 3 rings (SSSR count). The Morgan fingerprint density at radius 3 is 2.50 bits per heavy atom. The maximum atomic E-state index is 12.6. The summed E-state index contributed by atoms with van der Waals surface area (Å²) in [6.45, 7) is 2.24. The van der Waals surface area contributed by atoms with Crippen LogP contribution < -0.4 is 5.32 Å². The number of ether oxygens (including phenoxy) is 1. The van der Waals surface area contributed by atoms with Crippen LogP contribution in [0.3, 0.4) is 0 Å². The average molecular weight is 441 g/mol. The Kier molecular flexibility index (Phi) is 7.37. The van der Waals surface area contributed by atoms with Gasteiger partial charge in [-0.2, -0.15) is 0 Å². The Hall–Kier alpha value is -2.97. The number of thiocarbonyl (C=S) groups is 1. The van der Waals surface area contributed by atoms with Crippen molar-refractivity contribution in [1.82, 2.24) is 4.90 Å². The third-order valence-electron chi connectivity index (χ3n) is 4.21. The van der Waals surface area contributed by atoms with Crippen molar-refractivity contribution in [2.45, 2.75) is 13.3 Å². The van der Waals surface area contributed by atoms with E-state index in [2.05, 4.69) is 5.32 Å². The van der Waals surface area contributed by atoms with Gasteiger partial charge in [-0.3, -0.25) is 14.5 Å². The van der Waals surface area contributed by atoms with Crippen molar-refractivity contribution in [3.05, 3.63) is 70.6 Å². The second-order valence-electron chi connectivity index (χ2n) is 6.34. The molecule has 1 aliphatic rings. The number of anilines is 1. The highest BCUT2D eigenvalue weighted by Gasteiger charge is 2.32. The van der Waals surface area contributed by atoms with Crippen molar-refractivity contribution in [2.75, 3.05) is 18.5 Å². The van der Waals surface area contributed by atoms with Gasteiger partial charge in [0, 0.05) is 18.7 Å². The lowest BCUT2D eigenvalue weighted by Crippen LogP contribution is -2.31.